The Bertz CT molecular complexity index is 719. The molecule has 0 radical (unpaired) electrons. The molecule has 6 nitrogen and oxygen atoms in total. The lowest BCUT2D eigenvalue weighted by Gasteiger charge is -2.24. The predicted molar refractivity (Wildman–Crippen MR) is 85.3 cm³/mol. The third-order valence-corrected chi connectivity index (χ3v) is 3.46. The average molecular weight is 333 g/mol. The van der Waals surface area contributed by atoms with E-state index in [1.54, 1.807) is 18.5 Å². The number of aromatic nitrogens is 2. The van der Waals surface area contributed by atoms with Crippen LogP contribution in [0.15, 0.2) is 35.5 Å². The Balaban J connectivity index is 1.65. The van der Waals surface area contributed by atoms with Crippen molar-refractivity contribution >= 4 is 12.2 Å². The fourth-order valence-corrected chi connectivity index (χ4v) is 2.21. The SMILES string of the molecule is Fc1cccc(COc2ncc(F)c(N=CN3CCNCC3)n2)c1. The summed E-state index contributed by atoms with van der Waals surface area (Å²) in [6, 6.07) is 6.00. The minimum absolute atomic E-state index is 0.00637. The Morgan fingerprint density at radius 1 is 1.29 bits per heavy atom. The number of piperazine rings is 1. The predicted octanol–water partition coefficient (Wildman–Crippen LogP) is 1.90. The first-order valence-corrected chi connectivity index (χ1v) is 7.59. The number of halogens is 2. The fourth-order valence-electron chi connectivity index (χ4n) is 2.21. The van der Waals surface area contributed by atoms with Gasteiger partial charge in [-0.25, -0.2) is 18.8 Å². The molecule has 1 fully saturated rings. The van der Waals surface area contributed by atoms with Crippen LogP contribution < -0.4 is 10.1 Å². The molecule has 1 saturated heterocycles. The molecule has 0 aliphatic carbocycles. The number of hydrogen-bond acceptors (Lipinski definition) is 5. The van der Waals surface area contributed by atoms with E-state index in [-0.39, 0.29) is 24.3 Å². The molecule has 0 unspecified atom stereocenters. The third kappa shape index (κ3) is 4.45. The molecule has 0 bridgehead atoms. The van der Waals surface area contributed by atoms with E-state index in [0.717, 1.165) is 32.4 Å². The van der Waals surface area contributed by atoms with E-state index < -0.39 is 5.82 Å². The van der Waals surface area contributed by atoms with Crippen LogP contribution in [0.5, 0.6) is 6.01 Å². The highest BCUT2D eigenvalue weighted by atomic mass is 19.1. The van der Waals surface area contributed by atoms with Gasteiger partial charge in [0.15, 0.2) is 11.6 Å². The van der Waals surface area contributed by atoms with Gasteiger partial charge in [0.25, 0.3) is 0 Å². The molecule has 0 amide bonds. The first kappa shape index (κ1) is 16.3. The van der Waals surface area contributed by atoms with E-state index in [0.29, 0.717) is 5.56 Å². The summed E-state index contributed by atoms with van der Waals surface area (Å²) in [4.78, 5) is 13.8. The zero-order chi connectivity index (χ0) is 16.8. The standard InChI is InChI=1S/C16H17F2N5O/c17-13-3-1-2-12(8-13)10-24-16-20-9-14(18)15(22-16)21-11-23-6-4-19-5-7-23/h1-3,8-9,11,19H,4-7,10H2. The smallest absolute Gasteiger partial charge is 0.318 e. The number of ether oxygens (including phenoxy) is 1. The molecular weight excluding hydrogens is 316 g/mol. The number of hydrogen-bond donors (Lipinski definition) is 1. The second-order valence-corrected chi connectivity index (χ2v) is 5.27. The molecule has 2 aromatic rings. The van der Waals surface area contributed by atoms with E-state index in [1.165, 1.54) is 12.1 Å². The Labute approximate surface area is 138 Å². The number of benzene rings is 1. The van der Waals surface area contributed by atoms with Crippen molar-refractivity contribution < 1.29 is 13.5 Å². The highest BCUT2D eigenvalue weighted by Crippen LogP contribution is 2.17. The van der Waals surface area contributed by atoms with E-state index in [4.69, 9.17) is 4.74 Å². The Morgan fingerprint density at radius 3 is 2.92 bits per heavy atom. The van der Waals surface area contributed by atoms with Crippen LogP contribution in [0, 0.1) is 11.6 Å². The maximum absolute atomic E-state index is 13.8. The largest absolute Gasteiger partial charge is 0.459 e. The van der Waals surface area contributed by atoms with Crippen LogP contribution in [-0.4, -0.2) is 47.4 Å². The van der Waals surface area contributed by atoms with Gasteiger partial charge in [0.1, 0.15) is 12.4 Å². The number of aliphatic imine (C=N–C) groups is 1. The van der Waals surface area contributed by atoms with Crippen molar-refractivity contribution in [2.75, 3.05) is 26.2 Å². The number of nitrogens with one attached hydrogen (secondary N) is 1. The summed E-state index contributed by atoms with van der Waals surface area (Å²) in [6.07, 6.45) is 2.58. The zero-order valence-corrected chi connectivity index (χ0v) is 13.0. The molecule has 2 heterocycles. The molecule has 24 heavy (non-hydrogen) atoms. The van der Waals surface area contributed by atoms with Crippen LogP contribution in [0.4, 0.5) is 14.6 Å². The van der Waals surface area contributed by atoms with Crippen molar-refractivity contribution in [3.05, 3.63) is 47.7 Å². The summed E-state index contributed by atoms with van der Waals surface area (Å²) < 4.78 is 32.3. The van der Waals surface area contributed by atoms with E-state index >= 15 is 0 Å². The first-order chi connectivity index (χ1) is 11.7. The average Bonchev–Trinajstić information content (AvgIpc) is 2.61. The van der Waals surface area contributed by atoms with Crippen LogP contribution in [0.2, 0.25) is 0 Å². The van der Waals surface area contributed by atoms with Crippen molar-refractivity contribution in [3.8, 4) is 6.01 Å². The molecular formula is C16H17F2N5O. The summed E-state index contributed by atoms with van der Waals surface area (Å²) in [6.45, 7) is 3.42. The van der Waals surface area contributed by atoms with Gasteiger partial charge < -0.3 is 15.0 Å². The molecule has 1 aromatic heterocycles. The quantitative estimate of drug-likeness (QED) is 0.669. The van der Waals surface area contributed by atoms with Crippen molar-refractivity contribution in [2.24, 2.45) is 4.99 Å². The monoisotopic (exact) mass is 333 g/mol. The van der Waals surface area contributed by atoms with Crippen LogP contribution >= 0.6 is 0 Å². The lowest BCUT2D eigenvalue weighted by atomic mass is 10.2. The summed E-state index contributed by atoms with van der Waals surface area (Å²) in [5, 5.41) is 3.22. The van der Waals surface area contributed by atoms with Crippen molar-refractivity contribution in [2.45, 2.75) is 6.61 Å². The minimum Gasteiger partial charge on any atom is -0.459 e. The van der Waals surface area contributed by atoms with Gasteiger partial charge in [0.2, 0.25) is 0 Å². The molecule has 126 valence electrons. The zero-order valence-electron chi connectivity index (χ0n) is 13.0. The number of nitrogens with zero attached hydrogens (tertiary/aromatic N) is 4. The summed E-state index contributed by atoms with van der Waals surface area (Å²) in [5.41, 5.74) is 0.633. The molecule has 3 rings (SSSR count). The topological polar surface area (TPSA) is 62.6 Å². The third-order valence-electron chi connectivity index (χ3n) is 3.46. The summed E-state index contributed by atoms with van der Waals surface area (Å²) in [7, 11) is 0. The van der Waals surface area contributed by atoms with E-state index in [2.05, 4.69) is 20.3 Å². The second kappa shape index (κ2) is 7.78. The van der Waals surface area contributed by atoms with Crippen LogP contribution in [-0.2, 0) is 6.61 Å². The first-order valence-electron chi connectivity index (χ1n) is 7.59. The Hall–Kier alpha value is -2.61. The fraction of sp³-hybridized carbons (Fsp3) is 0.312. The van der Waals surface area contributed by atoms with E-state index in [9.17, 15) is 8.78 Å². The molecule has 8 heteroatoms. The van der Waals surface area contributed by atoms with E-state index in [1.807, 2.05) is 4.90 Å². The van der Waals surface area contributed by atoms with Gasteiger partial charge in [-0.2, -0.15) is 4.98 Å². The molecule has 1 aromatic carbocycles. The lowest BCUT2D eigenvalue weighted by molar-refractivity contribution is 0.279. The Kier molecular flexibility index (Phi) is 5.27. The van der Waals surface area contributed by atoms with Gasteiger partial charge in [-0.15, -0.1) is 0 Å². The van der Waals surface area contributed by atoms with Gasteiger partial charge in [0.05, 0.1) is 12.5 Å². The van der Waals surface area contributed by atoms with Gasteiger partial charge in [-0.1, -0.05) is 12.1 Å². The van der Waals surface area contributed by atoms with Gasteiger partial charge in [0, 0.05) is 26.2 Å². The van der Waals surface area contributed by atoms with Crippen molar-refractivity contribution in [3.63, 3.8) is 0 Å². The maximum Gasteiger partial charge on any atom is 0.318 e. The van der Waals surface area contributed by atoms with Gasteiger partial charge in [-0.3, -0.25) is 0 Å². The lowest BCUT2D eigenvalue weighted by Crippen LogP contribution is -2.42. The minimum atomic E-state index is -0.625. The highest BCUT2D eigenvalue weighted by Gasteiger charge is 2.09. The molecule has 1 aliphatic heterocycles. The maximum atomic E-state index is 13.8. The number of rotatable bonds is 5. The van der Waals surface area contributed by atoms with Crippen molar-refractivity contribution in [1.82, 2.24) is 20.2 Å². The normalized spacial score (nSPS) is 15.0. The highest BCUT2D eigenvalue weighted by molar-refractivity contribution is 5.60. The Morgan fingerprint density at radius 2 is 2.12 bits per heavy atom. The molecule has 0 atom stereocenters. The van der Waals surface area contributed by atoms with Gasteiger partial charge >= 0.3 is 6.01 Å². The second-order valence-electron chi connectivity index (χ2n) is 5.27. The molecule has 0 spiro atoms. The van der Waals surface area contributed by atoms with Crippen LogP contribution in [0.1, 0.15) is 5.56 Å². The summed E-state index contributed by atoms with van der Waals surface area (Å²) in [5.74, 6) is -1.06. The molecule has 1 N–H and O–H groups in total. The van der Waals surface area contributed by atoms with Crippen LogP contribution in [0.3, 0.4) is 0 Å². The van der Waals surface area contributed by atoms with Crippen LogP contribution in [0.25, 0.3) is 0 Å². The van der Waals surface area contributed by atoms with Crippen molar-refractivity contribution in [1.29, 1.82) is 0 Å². The molecule has 0 saturated carbocycles. The van der Waals surface area contributed by atoms with Gasteiger partial charge in [-0.05, 0) is 17.7 Å². The molecule has 1 aliphatic rings. The summed E-state index contributed by atoms with van der Waals surface area (Å²) >= 11 is 0.